The number of hydrogen-bond donors (Lipinski definition) is 2. The van der Waals surface area contributed by atoms with Crippen LogP contribution in [0.15, 0.2) is 30.3 Å². The number of carbonyl (C=O) groups excluding carboxylic acids is 1. The molecule has 18 heavy (non-hydrogen) atoms. The zero-order valence-corrected chi connectivity index (χ0v) is 11.5. The van der Waals surface area contributed by atoms with Gasteiger partial charge in [0.25, 0.3) is 5.91 Å². The van der Waals surface area contributed by atoms with Gasteiger partial charge in [0.05, 0.1) is 6.54 Å². The summed E-state index contributed by atoms with van der Waals surface area (Å²) in [5.74, 6) is 0.226. The number of nitrogens with two attached hydrogens (primary N) is 1. The molecule has 0 atom stereocenters. The molecular formula is C12H13N3OS2. The van der Waals surface area contributed by atoms with E-state index in [0.717, 1.165) is 5.56 Å². The van der Waals surface area contributed by atoms with Crippen LogP contribution in [-0.2, 0) is 6.54 Å². The quantitative estimate of drug-likeness (QED) is 0.847. The third kappa shape index (κ3) is 2.44. The van der Waals surface area contributed by atoms with Gasteiger partial charge < -0.3 is 15.6 Å². The standard InChI is InChI=1S/C12H13N3OS2/c1-14-11(16)9-10(13)15(12(17)18-9)7-8-5-3-2-4-6-8/h2-6H,7,13H2,1H3,(H,14,16). The molecule has 1 heterocycles. The van der Waals surface area contributed by atoms with Crippen molar-refractivity contribution in [2.45, 2.75) is 6.54 Å². The molecule has 6 heteroatoms. The number of aromatic nitrogens is 1. The van der Waals surface area contributed by atoms with Crippen molar-refractivity contribution in [2.75, 3.05) is 12.8 Å². The second kappa shape index (κ2) is 5.32. The molecule has 2 rings (SSSR count). The number of nitrogen functional groups attached to an aromatic ring is 1. The van der Waals surface area contributed by atoms with Crippen LogP contribution < -0.4 is 11.1 Å². The van der Waals surface area contributed by atoms with E-state index < -0.39 is 0 Å². The Hall–Kier alpha value is -1.66. The Morgan fingerprint density at radius 1 is 1.44 bits per heavy atom. The summed E-state index contributed by atoms with van der Waals surface area (Å²) in [6.07, 6.45) is 0. The topological polar surface area (TPSA) is 60.0 Å². The summed E-state index contributed by atoms with van der Waals surface area (Å²) >= 11 is 6.48. The van der Waals surface area contributed by atoms with Crippen LogP contribution >= 0.6 is 23.6 Å². The lowest BCUT2D eigenvalue weighted by Gasteiger charge is -2.06. The van der Waals surface area contributed by atoms with Crippen LogP contribution in [0.3, 0.4) is 0 Å². The third-order valence-electron chi connectivity index (χ3n) is 2.55. The van der Waals surface area contributed by atoms with E-state index in [2.05, 4.69) is 5.32 Å². The maximum absolute atomic E-state index is 11.6. The fourth-order valence-corrected chi connectivity index (χ4v) is 2.88. The Morgan fingerprint density at radius 3 is 2.72 bits per heavy atom. The van der Waals surface area contributed by atoms with E-state index in [1.54, 1.807) is 11.6 Å². The van der Waals surface area contributed by atoms with Gasteiger partial charge in [0.1, 0.15) is 10.7 Å². The minimum Gasteiger partial charge on any atom is -0.384 e. The lowest BCUT2D eigenvalue weighted by molar-refractivity contribution is 0.0967. The van der Waals surface area contributed by atoms with Crippen molar-refractivity contribution in [1.82, 2.24) is 9.88 Å². The van der Waals surface area contributed by atoms with Crippen molar-refractivity contribution in [3.8, 4) is 0 Å². The number of thiazole rings is 1. The number of rotatable bonds is 3. The first-order chi connectivity index (χ1) is 8.63. The monoisotopic (exact) mass is 279 g/mol. The average Bonchev–Trinajstić information content (AvgIpc) is 2.67. The largest absolute Gasteiger partial charge is 0.384 e. The first-order valence-corrected chi connectivity index (χ1v) is 6.61. The summed E-state index contributed by atoms with van der Waals surface area (Å²) in [4.78, 5) is 12.1. The van der Waals surface area contributed by atoms with Crippen molar-refractivity contribution in [2.24, 2.45) is 0 Å². The number of benzene rings is 1. The highest BCUT2D eigenvalue weighted by Gasteiger charge is 2.15. The third-order valence-corrected chi connectivity index (χ3v) is 4.01. The molecule has 0 unspecified atom stereocenters. The first kappa shape index (κ1) is 12.8. The number of nitrogens with zero attached hydrogens (tertiary/aromatic N) is 1. The molecule has 0 aliphatic heterocycles. The van der Waals surface area contributed by atoms with Crippen LogP contribution in [0.1, 0.15) is 15.2 Å². The van der Waals surface area contributed by atoms with Crippen molar-refractivity contribution < 1.29 is 4.79 Å². The van der Waals surface area contributed by atoms with E-state index >= 15 is 0 Å². The van der Waals surface area contributed by atoms with Gasteiger partial charge in [-0.1, -0.05) is 41.7 Å². The molecule has 0 aliphatic carbocycles. The lowest BCUT2D eigenvalue weighted by Crippen LogP contribution is -2.18. The Morgan fingerprint density at radius 2 is 2.11 bits per heavy atom. The maximum Gasteiger partial charge on any atom is 0.264 e. The maximum atomic E-state index is 11.6. The van der Waals surface area contributed by atoms with Crippen LogP contribution in [0.4, 0.5) is 5.82 Å². The molecule has 0 radical (unpaired) electrons. The molecule has 0 saturated carbocycles. The minimum atomic E-state index is -0.199. The molecule has 1 aromatic carbocycles. The number of amides is 1. The predicted molar refractivity (Wildman–Crippen MR) is 76.5 cm³/mol. The Balaban J connectivity index is 2.38. The van der Waals surface area contributed by atoms with Gasteiger partial charge in [0.15, 0.2) is 3.95 Å². The zero-order valence-electron chi connectivity index (χ0n) is 9.84. The van der Waals surface area contributed by atoms with Crippen LogP contribution in [0.2, 0.25) is 0 Å². The van der Waals surface area contributed by atoms with Gasteiger partial charge in [-0.05, 0) is 17.8 Å². The first-order valence-electron chi connectivity index (χ1n) is 5.38. The molecular weight excluding hydrogens is 266 g/mol. The Kier molecular flexibility index (Phi) is 3.78. The second-order valence-electron chi connectivity index (χ2n) is 3.73. The van der Waals surface area contributed by atoms with Crippen molar-refractivity contribution in [3.05, 3.63) is 44.7 Å². The fourth-order valence-electron chi connectivity index (χ4n) is 1.61. The molecule has 0 fully saturated rings. The van der Waals surface area contributed by atoms with Gasteiger partial charge in [0.2, 0.25) is 0 Å². The van der Waals surface area contributed by atoms with Gasteiger partial charge in [0, 0.05) is 7.05 Å². The minimum absolute atomic E-state index is 0.199. The summed E-state index contributed by atoms with van der Waals surface area (Å²) < 4.78 is 2.38. The fraction of sp³-hybridized carbons (Fsp3) is 0.167. The molecule has 0 spiro atoms. The highest BCUT2D eigenvalue weighted by Crippen LogP contribution is 2.23. The Labute approximate surface area is 114 Å². The van der Waals surface area contributed by atoms with E-state index in [1.165, 1.54) is 11.3 Å². The highest BCUT2D eigenvalue weighted by atomic mass is 32.1. The Bertz CT molecular complexity index is 616. The summed E-state index contributed by atoms with van der Waals surface area (Å²) in [6, 6.07) is 9.87. The van der Waals surface area contributed by atoms with Gasteiger partial charge in [-0.15, -0.1) is 0 Å². The molecule has 2 aromatic rings. The number of hydrogen-bond acceptors (Lipinski definition) is 4. The highest BCUT2D eigenvalue weighted by molar-refractivity contribution is 7.73. The van der Waals surface area contributed by atoms with E-state index in [9.17, 15) is 4.79 Å². The van der Waals surface area contributed by atoms with Crippen LogP contribution in [0.25, 0.3) is 0 Å². The molecule has 0 saturated heterocycles. The van der Waals surface area contributed by atoms with E-state index in [-0.39, 0.29) is 5.91 Å². The summed E-state index contributed by atoms with van der Waals surface area (Å²) in [7, 11) is 1.58. The van der Waals surface area contributed by atoms with Crippen molar-refractivity contribution in [3.63, 3.8) is 0 Å². The molecule has 0 bridgehead atoms. The number of carbonyl (C=O) groups is 1. The number of anilines is 1. The molecule has 3 N–H and O–H groups in total. The van der Waals surface area contributed by atoms with E-state index in [4.69, 9.17) is 18.0 Å². The van der Waals surface area contributed by atoms with E-state index in [0.29, 0.717) is 21.2 Å². The van der Waals surface area contributed by atoms with Crippen LogP contribution in [0.5, 0.6) is 0 Å². The second-order valence-corrected chi connectivity index (χ2v) is 5.38. The number of nitrogens with one attached hydrogen (secondary N) is 1. The zero-order chi connectivity index (χ0) is 13.1. The smallest absolute Gasteiger partial charge is 0.264 e. The summed E-state index contributed by atoms with van der Waals surface area (Å²) in [5.41, 5.74) is 7.07. The van der Waals surface area contributed by atoms with Crippen molar-refractivity contribution in [1.29, 1.82) is 0 Å². The van der Waals surface area contributed by atoms with Gasteiger partial charge >= 0.3 is 0 Å². The van der Waals surface area contributed by atoms with Crippen LogP contribution in [-0.4, -0.2) is 17.5 Å². The molecule has 0 aliphatic rings. The normalized spacial score (nSPS) is 10.3. The molecule has 1 aromatic heterocycles. The molecule has 1 amide bonds. The van der Waals surface area contributed by atoms with Crippen LogP contribution in [0, 0.1) is 3.95 Å². The molecule has 4 nitrogen and oxygen atoms in total. The van der Waals surface area contributed by atoms with Gasteiger partial charge in [-0.3, -0.25) is 4.79 Å². The van der Waals surface area contributed by atoms with Crippen molar-refractivity contribution >= 4 is 35.3 Å². The SMILES string of the molecule is CNC(=O)c1sc(=S)n(Cc2ccccc2)c1N. The van der Waals surface area contributed by atoms with E-state index in [1.807, 2.05) is 30.3 Å². The van der Waals surface area contributed by atoms with Gasteiger partial charge in [-0.2, -0.15) is 0 Å². The average molecular weight is 279 g/mol. The molecule has 94 valence electrons. The predicted octanol–water partition coefficient (Wildman–Crippen LogP) is 2.27. The summed E-state index contributed by atoms with van der Waals surface area (Å²) in [6.45, 7) is 0.582. The van der Waals surface area contributed by atoms with Gasteiger partial charge in [-0.25, -0.2) is 0 Å². The lowest BCUT2D eigenvalue weighted by atomic mass is 10.2. The summed E-state index contributed by atoms with van der Waals surface area (Å²) in [5, 5.41) is 2.56.